The summed E-state index contributed by atoms with van der Waals surface area (Å²) in [6.07, 6.45) is 2.13. The first-order valence-corrected chi connectivity index (χ1v) is 7.80. The molecule has 1 aliphatic rings. The van der Waals surface area contributed by atoms with Gasteiger partial charge in [0.1, 0.15) is 11.9 Å². The summed E-state index contributed by atoms with van der Waals surface area (Å²) in [5.74, 6) is 0.445. The summed E-state index contributed by atoms with van der Waals surface area (Å²) >= 11 is 5.91. The third kappa shape index (κ3) is 3.82. The lowest BCUT2D eigenvalue weighted by Gasteiger charge is -2.47. The van der Waals surface area contributed by atoms with Crippen molar-refractivity contribution < 1.29 is 9.90 Å². The summed E-state index contributed by atoms with van der Waals surface area (Å²) < 4.78 is 0. The molecule has 1 aliphatic heterocycles. The van der Waals surface area contributed by atoms with Crippen LogP contribution in [0.2, 0.25) is 5.15 Å². The molecule has 0 saturated carbocycles. The SMILES string of the molecule is CC(C)(C)C1[C@H](Nc2cnc(C#N)c(Cl)n2)CCCN1C(=O)O. The molecule has 0 aromatic carbocycles. The molecular weight excluding hydrogens is 318 g/mol. The summed E-state index contributed by atoms with van der Waals surface area (Å²) in [7, 11) is 0. The minimum atomic E-state index is -0.916. The predicted octanol–water partition coefficient (Wildman–Crippen LogP) is 2.97. The van der Waals surface area contributed by atoms with Crippen molar-refractivity contribution >= 4 is 23.5 Å². The average Bonchev–Trinajstić information content (AvgIpc) is 2.46. The van der Waals surface area contributed by atoms with Crippen LogP contribution in [-0.4, -0.2) is 44.7 Å². The third-order valence-electron chi connectivity index (χ3n) is 3.93. The zero-order chi connectivity index (χ0) is 17.2. The number of piperidine rings is 1. The molecule has 2 atom stereocenters. The molecule has 2 N–H and O–H groups in total. The Balaban J connectivity index is 2.27. The Labute approximate surface area is 140 Å². The van der Waals surface area contributed by atoms with E-state index in [0.29, 0.717) is 12.4 Å². The van der Waals surface area contributed by atoms with Gasteiger partial charge in [0.05, 0.1) is 12.2 Å². The van der Waals surface area contributed by atoms with Crippen LogP contribution in [0, 0.1) is 16.7 Å². The Hall–Kier alpha value is -2.07. The molecule has 2 heterocycles. The van der Waals surface area contributed by atoms with Crippen LogP contribution in [-0.2, 0) is 0 Å². The fraction of sp³-hybridized carbons (Fsp3) is 0.600. The average molecular weight is 338 g/mol. The first kappa shape index (κ1) is 17.3. The molecule has 0 bridgehead atoms. The summed E-state index contributed by atoms with van der Waals surface area (Å²) in [6, 6.07) is 1.56. The van der Waals surface area contributed by atoms with Gasteiger partial charge in [-0.1, -0.05) is 32.4 Å². The van der Waals surface area contributed by atoms with Crippen molar-refractivity contribution in [3.8, 4) is 6.07 Å². The number of nitrogens with one attached hydrogen (secondary N) is 1. The van der Waals surface area contributed by atoms with Crippen LogP contribution in [0.5, 0.6) is 0 Å². The van der Waals surface area contributed by atoms with Crippen molar-refractivity contribution in [2.24, 2.45) is 5.41 Å². The van der Waals surface area contributed by atoms with E-state index in [-0.39, 0.29) is 28.3 Å². The Kier molecular flexibility index (Phi) is 4.95. The quantitative estimate of drug-likeness (QED) is 0.860. The van der Waals surface area contributed by atoms with E-state index in [0.717, 1.165) is 12.8 Å². The molecule has 0 radical (unpaired) electrons. The molecule has 0 spiro atoms. The molecule has 1 unspecified atom stereocenters. The molecule has 124 valence electrons. The molecule has 7 nitrogen and oxygen atoms in total. The summed E-state index contributed by atoms with van der Waals surface area (Å²) in [4.78, 5) is 21.1. The van der Waals surface area contributed by atoms with Crippen LogP contribution in [0.15, 0.2) is 6.20 Å². The lowest BCUT2D eigenvalue weighted by molar-refractivity contribution is 0.0518. The number of halogens is 1. The number of amides is 1. The van der Waals surface area contributed by atoms with Gasteiger partial charge in [-0.15, -0.1) is 0 Å². The maximum Gasteiger partial charge on any atom is 0.407 e. The molecule has 0 aliphatic carbocycles. The number of carboxylic acid groups (broad SMARTS) is 1. The van der Waals surface area contributed by atoms with Crippen LogP contribution in [0.3, 0.4) is 0 Å². The molecule has 23 heavy (non-hydrogen) atoms. The van der Waals surface area contributed by atoms with Crippen LogP contribution >= 0.6 is 11.6 Å². The van der Waals surface area contributed by atoms with E-state index in [2.05, 4.69) is 15.3 Å². The third-order valence-corrected chi connectivity index (χ3v) is 4.20. The normalized spacial score (nSPS) is 21.6. The van der Waals surface area contributed by atoms with Gasteiger partial charge in [-0.05, 0) is 18.3 Å². The molecule has 1 aromatic rings. The fourth-order valence-corrected chi connectivity index (χ4v) is 3.32. The van der Waals surface area contributed by atoms with Crippen molar-refractivity contribution in [2.75, 3.05) is 11.9 Å². The van der Waals surface area contributed by atoms with Crippen LogP contribution in [0.25, 0.3) is 0 Å². The Morgan fingerprint density at radius 1 is 1.57 bits per heavy atom. The fourth-order valence-electron chi connectivity index (χ4n) is 3.13. The Bertz CT molecular complexity index is 638. The van der Waals surface area contributed by atoms with Gasteiger partial charge in [-0.25, -0.2) is 14.8 Å². The zero-order valence-electron chi connectivity index (χ0n) is 13.4. The number of nitriles is 1. The molecule has 1 saturated heterocycles. The van der Waals surface area contributed by atoms with Crippen molar-refractivity contribution in [1.82, 2.24) is 14.9 Å². The number of likely N-dealkylation sites (tertiary alicyclic amines) is 1. The Morgan fingerprint density at radius 3 is 2.78 bits per heavy atom. The van der Waals surface area contributed by atoms with Crippen LogP contribution in [0.4, 0.5) is 10.6 Å². The van der Waals surface area contributed by atoms with Crippen molar-refractivity contribution in [3.63, 3.8) is 0 Å². The number of anilines is 1. The van der Waals surface area contributed by atoms with E-state index < -0.39 is 6.09 Å². The second-order valence-corrected chi connectivity index (χ2v) is 7.04. The van der Waals surface area contributed by atoms with E-state index in [1.807, 2.05) is 26.8 Å². The molecular formula is C15H20ClN5O2. The van der Waals surface area contributed by atoms with Gasteiger partial charge in [-0.2, -0.15) is 5.26 Å². The number of nitrogens with zero attached hydrogens (tertiary/aromatic N) is 4. The topological polar surface area (TPSA) is 102 Å². The highest BCUT2D eigenvalue weighted by molar-refractivity contribution is 6.30. The smallest absolute Gasteiger partial charge is 0.407 e. The van der Waals surface area contributed by atoms with Gasteiger partial charge in [0.2, 0.25) is 0 Å². The van der Waals surface area contributed by atoms with Crippen molar-refractivity contribution in [1.29, 1.82) is 5.26 Å². The van der Waals surface area contributed by atoms with Gasteiger partial charge >= 0.3 is 6.09 Å². The van der Waals surface area contributed by atoms with E-state index in [9.17, 15) is 9.90 Å². The monoisotopic (exact) mass is 337 g/mol. The lowest BCUT2D eigenvalue weighted by Crippen LogP contribution is -2.58. The van der Waals surface area contributed by atoms with Crippen molar-refractivity contribution in [2.45, 2.75) is 45.7 Å². The van der Waals surface area contributed by atoms with Gasteiger partial charge < -0.3 is 15.3 Å². The van der Waals surface area contributed by atoms with E-state index in [1.165, 1.54) is 11.1 Å². The van der Waals surface area contributed by atoms with Gasteiger partial charge in [0.15, 0.2) is 10.8 Å². The maximum atomic E-state index is 11.6. The summed E-state index contributed by atoms with van der Waals surface area (Å²) in [6.45, 7) is 6.58. The number of rotatable bonds is 2. The zero-order valence-corrected chi connectivity index (χ0v) is 14.1. The highest BCUT2D eigenvalue weighted by atomic mass is 35.5. The second-order valence-electron chi connectivity index (χ2n) is 6.69. The van der Waals surface area contributed by atoms with E-state index in [4.69, 9.17) is 16.9 Å². The van der Waals surface area contributed by atoms with Crippen LogP contribution in [0.1, 0.15) is 39.3 Å². The van der Waals surface area contributed by atoms with E-state index >= 15 is 0 Å². The highest BCUT2D eigenvalue weighted by Crippen LogP contribution is 2.33. The second kappa shape index (κ2) is 6.59. The lowest BCUT2D eigenvalue weighted by atomic mass is 9.77. The minimum Gasteiger partial charge on any atom is -0.465 e. The molecule has 2 rings (SSSR count). The molecule has 1 aromatic heterocycles. The molecule has 8 heteroatoms. The summed E-state index contributed by atoms with van der Waals surface area (Å²) in [5, 5.41) is 21.6. The maximum absolute atomic E-state index is 11.6. The number of aromatic nitrogens is 2. The number of hydrogen-bond acceptors (Lipinski definition) is 5. The van der Waals surface area contributed by atoms with Gasteiger partial charge in [-0.3, -0.25) is 0 Å². The van der Waals surface area contributed by atoms with Gasteiger partial charge in [0, 0.05) is 12.6 Å². The molecule has 1 fully saturated rings. The first-order chi connectivity index (χ1) is 10.7. The van der Waals surface area contributed by atoms with Crippen LogP contribution < -0.4 is 5.32 Å². The summed E-state index contributed by atoms with van der Waals surface area (Å²) in [5.41, 5.74) is -0.166. The number of carbonyl (C=O) groups is 1. The largest absolute Gasteiger partial charge is 0.465 e. The standard InChI is InChI=1S/C15H20ClN5O2/c1-15(2,3)12-9(5-4-6-21(12)14(22)23)19-11-8-18-10(7-17)13(16)20-11/h8-9,12H,4-6H2,1-3H3,(H,19,20)(H,22,23)/t9-,12?/m1/s1. The first-order valence-electron chi connectivity index (χ1n) is 7.42. The highest BCUT2D eigenvalue weighted by Gasteiger charge is 2.41. The molecule has 1 amide bonds. The minimum absolute atomic E-state index is 0.0377. The van der Waals surface area contributed by atoms with Gasteiger partial charge in [0.25, 0.3) is 0 Å². The predicted molar refractivity (Wildman–Crippen MR) is 86.4 cm³/mol. The number of hydrogen-bond donors (Lipinski definition) is 2. The van der Waals surface area contributed by atoms with E-state index in [1.54, 1.807) is 0 Å². The Morgan fingerprint density at radius 2 is 2.26 bits per heavy atom. The van der Waals surface area contributed by atoms with Crippen molar-refractivity contribution in [3.05, 3.63) is 17.0 Å².